The van der Waals surface area contributed by atoms with Crippen molar-refractivity contribution >= 4 is 5.91 Å². The number of hydrogen-bond acceptors (Lipinski definition) is 13. The monoisotopic (exact) mass is 1300 g/mol. The van der Waals surface area contributed by atoms with Crippen LogP contribution in [0.4, 0.5) is 0 Å². The minimum Gasteiger partial charge on any atom is -0.394 e. The topological polar surface area (TPSA) is 228 Å². The largest absolute Gasteiger partial charge is 0.394 e. The highest BCUT2D eigenvalue weighted by molar-refractivity contribution is 5.76. The summed E-state index contributed by atoms with van der Waals surface area (Å²) in [5, 5.41) is 87.8. The quantitative estimate of drug-likeness (QED) is 0.0204. The van der Waals surface area contributed by atoms with Crippen LogP contribution in [0.5, 0.6) is 0 Å². The van der Waals surface area contributed by atoms with Gasteiger partial charge in [0.25, 0.3) is 0 Å². The minimum absolute atomic E-state index is 0.217. The van der Waals surface area contributed by atoms with Gasteiger partial charge in [-0.2, -0.15) is 0 Å². The fourth-order valence-electron chi connectivity index (χ4n) is 12.2. The fourth-order valence-corrected chi connectivity index (χ4v) is 12.2. The number of amides is 1. The molecule has 0 radical (unpaired) electrons. The van der Waals surface area contributed by atoms with Gasteiger partial charge >= 0.3 is 0 Å². The second-order valence-corrected chi connectivity index (χ2v) is 26.4. The van der Waals surface area contributed by atoms with Gasteiger partial charge in [-0.15, -0.1) is 0 Å². The summed E-state index contributed by atoms with van der Waals surface area (Å²) in [7, 11) is 0. The first-order valence-corrected chi connectivity index (χ1v) is 37.8. The summed E-state index contributed by atoms with van der Waals surface area (Å²) in [6, 6.07) is -0.843. The molecule has 14 heteroatoms. The van der Waals surface area contributed by atoms with Gasteiger partial charge in [0, 0.05) is 6.42 Å². The molecule has 2 aliphatic heterocycles. The lowest BCUT2D eigenvalue weighted by molar-refractivity contribution is -0.359. The second-order valence-electron chi connectivity index (χ2n) is 26.4. The zero-order valence-electron chi connectivity index (χ0n) is 58.3. The molecule has 0 aromatic carbocycles. The van der Waals surface area contributed by atoms with E-state index in [1.54, 1.807) is 0 Å². The van der Waals surface area contributed by atoms with Crippen LogP contribution in [-0.4, -0.2) is 140 Å². The molecule has 1 amide bonds. The first kappa shape index (κ1) is 85.3. The zero-order chi connectivity index (χ0) is 66.6. The molecule has 0 saturated carbocycles. The normalized spacial score (nSPS) is 23.2. The van der Waals surface area contributed by atoms with Gasteiger partial charge in [-0.1, -0.05) is 317 Å². The average molecular weight is 1300 g/mol. The van der Waals surface area contributed by atoms with Gasteiger partial charge in [-0.05, 0) is 70.6 Å². The number of nitrogens with one attached hydrogen (secondary N) is 1. The highest BCUT2D eigenvalue weighted by Crippen LogP contribution is 2.30. The Labute approximate surface area is 561 Å². The maximum Gasteiger partial charge on any atom is 0.220 e. The lowest BCUT2D eigenvalue weighted by Crippen LogP contribution is -2.65. The molecule has 534 valence electrons. The number of aliphatic hydroxyl groups excluding tert-OH is 8. The van der Waals surface area contributed by atoms with Crippen LogP contribution in [0.2, 0.25) is 0 Å². The molecule has 12 unspecified atom stereocenters. The summed E-state index contributed by atoms with van der Waals surface area (Å²) in [6.45, 7) is 2.78. The molecule has 92 heavy (non-hydrogen) atoms. The van der Waals surface area contributed by atoms with Gasteiger partial charge < -0.3 is 65.1 Å². The Morgan fingerprint density at radius 3 is 1.15 bits per heavy atom. The number of aliphatic hydroxyl groups is 8. The van der Waals surface area contributed by atoms with Crippen molar-refractivity contribution in [3.63, 3.8) is 0 Å². The van der Waals surface area contributed by atoms with Crippen molar-refractivity contribution in [3.8, 4) is 0 Å². The van der Waals surface area contributed by atoms with Crippen molar-refractivity contribution in [1.82, 2.24) is 5.32 Å². The van der Waals surface area contributed by atoms with Crippen LogP contribution < -0.4 is 5.32 Å². The van der Waals surface area contributed by atoms with Gasteiger partial charge in [-0.3, -0.25) is 4.79 Å². The summed E-state index contributed by atoms with van der Waals surface area (Å²) in [5.41, 5.74) is 0. The van der Waals surface area contributed by atoms with E-state index < -0.39 is 86.8 Å². The number of unbranched alkanes of at least 4 members (excludes halogenated alkanes) is 35. The molecule has 2 fully saturated rings. The molecular formula is C78H139NO13. The van der Waals surface area contributed by atoms with Crippen molar-refractivity contribution in [2.75, 3.05) is 19.8 Å². The Morgan fingerprint density at radius 2 is 0.750 bits per heavy atom. The Kier molecular flexibility index (Phi) is 57.2. The summed E-state index contributed by atoms with van der Waals surface area (Å²) in [6.07, 6.45) is 68.8. The van der Waals surface area contributed by atoms with Gasteiger partial charge in [0.1, 0.15) is 48.8 Å². The smallest absolute Gasteiger partial charge is 0.220 e. The standard InChI is InChI=1S/C78H139NO13/c1-3-5-7-9-11-13-15-17-19-21-23-25-27-29-31-33-35-37-39-41-43-45-47-49-51-53-55-57-59-61-67(82)66(65-89-77-75(88)73(86)76(69(64-81)91-77)92-78-74(87)72(85)71(84)68(63-80)90-78)79-70(83)62-60-58-56-54-52-50-48-46-44-42-40-38-36-34-32-30-28-26-24-22-20-18-16-14-12-10-8-6-4-2/h6,8,12,14,18,20,24,26,30,32,36,38,42,44,66-69,71-78,80-82,84-88H,3-5,7,9-11,13,15-17,19,21-23,25,27-29,31,33-35,37,39-41,43,45-65H2,1-2H3,(H,79,83)/b8-6-,14-12-,20-18-,26-24-,32-30-,38-36-,44-42-. The van der Waals surface area contributed by atoms with Crippen molar-refractivity contribution < 1.29 is 64.6 Å². The molecular weight excluding hydrogens is 1160 g/mol. The third-order valence-corrected chi connectivity index (χ3v) is 18.1. The molecule has 2 heterocycles. The molecule has 0 bridgehead atoms. The molecule has 14 nitrogen and oxygen atoms in total. The summed E-state index contributed by atoms with van der Waals surface area (Å²) in [4.78, 5) is 13.4. The molecule has 2 saturated heterocycles. The van der Waals surface area contributed by atoms with Crippen LogP contribution in [0.3, 0.4) is 0 Å². The number of hydrogen-bond donors (Lipinski definition) is 9. The summed E-state index contributed by atoms with van der Waals surface area (Å²) in [5.74, 6) is -0.217. The third-order valence-electron chi connectivity index (χ3n) is 18.1. The molecule has 9 N–H and O–H groups in total. The number of carbonyl (C=O) groups excluding carboxylic acids is 1. The van der Waals surface area contributed by atoms with Crippen LogP contribution in [0.15, 0.2) is 85.1 Å². The number of rotatable bonds is 62. The van der Waals surface area contributed by atoms with Gasteiger partial charge in [0.05, 0.1) is 32.0 Å². The summed E-state index contributed by atoms with van der Waals surface area (Å²) < 4.78 is 23.0. The van der Waals surface area contributed by atoms with Crippen LogP contribution in [0, 0.1) is 0 Å². The first-order chi connectivity index (χ1) is 45.1. The molecule has 0 aromatic rings. The Bertz CT molecular complexity index is 1870. The van der Waals surface area contributed by atoms with Crippen LogP contribution in [0.1, 0.15) is 309 Å². The maximum atomic E-state index is 13.4. The zero-order valence-corrected chi connectivity index (χ0v) is 58.3. The molecule has 0 spiro atoms. The minimum atomic E-state index is -1.79. The first-order valence-electron chi connectivity index (χ1n) is 37.8. The van der Waals surface area contributed by atoms with E-state index in [2.05, 4.69) is 104 Å². The van der Waals surface area contributed by atoms with Crippen molar-refractivity contribution in [3.05, 3.63) is 85.1 Å². The van der Waals surface area contributed by atoms with Crippen molar-refractivity contribution in [2.45, 2.75) is 383 Å². The SMILES string of the molecule is CC/C=C\C/C=C\C/C=C\C/C=C\C/C=C\C/C=C\C/C=C\CCCCCCCCCC(=O)NC(COC1OC(CO)C(OC2OC(CO)C(O)C(O)C2O)C(O)C1O)C(O)CCCCCCCCCCCCCCCCCCCCCCCCCCCCCCC. The highest BCUT2D eigenvalue weighted by Gasteiger charge is 2.51. The average Bonchev–Trinajstić information content (AvgIpc) is 0.836. The van der Waals surface area contributed by atoms with Crippen molar-refractivity contribution in [1.29, 1.82) is 0 Å². The lowest BCUT2D eigenvalue weighted by atomic mass is 9.97. The van der Waals surface area contributed by atoms with E-state index in [1.165, 1.54) is 167 Å². The van der Waals surface area contributed by atoms with Gasteiger partial charge in [0.15, 0.2) is 12.6 Å². The van der Waals surface area contributed by atoms with E-state index in [0.717, 1.165) is 109 Å². The van der Waals surface area contributed by atoms with E-state index in [1.807, 2.05) is 0 Å². The Balaban J connectivity index is 1.66. The van der Waals surface area contributed by atoms with E-state index in [4.69, 9.17) is 18.9 Å². The summed E-state index contributed by atoms with van der Waals surface area (Å²) >= 11 is 0. The molecule has 2 rings (SSSR count). The number of allylic oxidation sites excluding steroid dienone is 14. The highest BCUT2D eigenvalue weighted by atomic mass is 16.7. The lowest BCUT2D eigenvalue weighted by Gasteiger charge is -2.46. The molecule has 0 aromatic heterocycles. The van der Waals surface area contributed by atoms with Crippen LogP contribution >= 0.6 is 0 Å². The molecule has 12 atom stereocenters. The van der Waals surface area contributed by atoms with E-state index in [9.17, 15) is 45.6 Å². The van der Waals surface area contributed by atoms with Gasteiger partial charge in [0.2, 0.25) is 5.91 Å². The van der Waals surface area contributed by atoms with Gasteiger partial charge in [-0.25, -0.2) is 0 Å². The Morgan fingerprint density at radius 1 is 0.402 bits per heavy atom. The Hall–Kier alpha value is -2.83. The van der Waals surface area contributed by atoms with E-state index in [0.29, 0.717) is 12.8 Å². The van der Waals surface area contributed by atoms with Crippen molar-refractivity contribution in [2.24, 2.45) is 0 Å². The number of ether oxygens (including phenoxy) is 4. The van der Waals surface area contributed by atoms with Crippen LogP contribution in [-0.2, 0) is 23.7 Å². The molecule has 0 aliphatic carbocycles. The third kappa shape index (κ3) is 44.8. The second kappa shape index (κ2) is 61.7. The predicted octanol–water partition coefficient (Wildman–Crippen LogP) is 16.4. The van der Waals surface area contributed by atoms with E-state index in [-0.39, 0.29) is 18.9 Å². The fraction of sp³-hybridized carbons (Fsp3) is 0.808. The predicted molar refractivity (Wildman–Crippen MR) is 378 cm³/mol. The number of carbonyl (C=O) groups is 1. The van der Waals surface area contributed by atoms with E-state index >= 15 is 0 Å². The molecule has 2 aliphatic rings. The maximum absolute atomic E-state index is 13.4. The van der Waals surface area contributed by atoms with Crippen LogP contribution in [0.25, 0.3) is 0 Å².